The lowest BCUT2D eigenvalue weighted by molar-refractivity contribution is 0.304. The molecule has 1 saturated heterocycles. The SMILES string of the molecule is Cc1ccc(CN(C2CC2)S(=O)(=O)N2CCNCC2)cc1. The summed E-state index contributed by atoms with van der Waals surface area (Å²) in [6.07, 6.45) is 1.97. The van der Waals surface area contributed by atoms with Crippen LogP contribution >= 0.6 is 0 Å². The molecule has 0 spiro atoms. The third-order valence-corrected chi connectivity index (χ3v) is 6.15. The van der Waals surface area contributed by atoms with Gasteiger partial charge < -0.3 is 5.32 Å². The Balaban J connectivity index is 1.78. The molecular formula is C15H23N3O2S. The van der Waals surface area contributed by atoms with Crippen molar-refractivity contribution in [3.05, 3.63) is 35.4 Å². The first-order valence-corrected chi connectivity index (χ1v) is 9.00. The molecule has 0 radical (unpaired) electrons. The minimum Gasteiger partial charge on any atom is -0.314 e. The molecule has 0 bridgehead atoms. The van der Waals surface area contributed by atoms with Gasteiger partial charge in [-0.25, -0.2) is 0 Å². The van der Waals surface area contributed by atoms with Crippen LogP contribution in [0.4, 0.5) is 0 Å². The highest BCUT2D eigenvalue weighted by Gasteiger charge is 2.40. The van der Waals surface area contributed by atoms with E-state index in [1.165, 1.54) is 5.56 Å². The summed E-state index contributed by atoms with van der Waals surface area (Å²) < 4.78 is 29.0. The molecule has 0 unspecified atom stereocenters. The van der Waals surface area contributed by atoms with Crippen molar-refractivity contribution in [1.82, 2.24) is 13.9 Å². The molecule has 1 aliphatic heterocycles. The minimum absolute atomic E-state index is 0.186. The van der Waals surface area contributed by atoms with Crippen LogP contribution in [0, 0.1) is 6.92 Å². The van der Waals surface area contributed by atoms with Crippen molar-refractivity contribution in [2.45, 2.75) is 32.4 Å². The predicted octanol–water partition coefficient (Wildman–Crippen LogP) is 1.11. The van der Waals surface area contributed by atoms with Gasteiger partial charge in [0.2, 0.25) is 0 Å². The fourth-order valence-corrected chi connectivity index (χ4v) is 4.50. The second-order valence-corrected chi connectivity index (χ2v) is 7.80. The van der Waals surface area contributed by atoms with Gasteiger partial charge in [0.15, 0.2) is 0 Å². The summed E-state index contributed by atoms with van der Waals surface area (Å²) in [4.78, 5) is 0. The molecule has 1 aromatic rings. The van der Waals surface area contributed by atoms with E-state index in [0.29, 0.717) is 19.6 Å². The lowest BCUT2D eigenvalue weighted by Gasteiger charge is -2.32. The Hall–Kier alpha value is -0.950. The minimum atomic E-state index is -3.34. The molecule has 1 aliphatic carbocycles. The zero-order chi connectivity index (χ0) is 14.9. The number of aryl methyl sites for hydroxylation is 1. The summed E-state index contributed by atoms with van der Waals surface area (Å²) in [5.74, 6) is 0. The maximum atomic E-state index is 12.9. The van der Waals surface area contributed by atoms with Gasteiger partial charge in [0, 0.05) is 38.8 Å². The molecule has 0 aromatic heterocycles. The lowest BCUT2D eigenvalue weighted by Crippen LogP contribution is -2.52. The van der Waals surface area contributed by atoms with Crippen LogP contribution in [-0.4, -0.2) is 49.2 Å². The highest BCUT2D eigenvalue weighted by Crippen LogP contribution is 2.32. The first-order valence-electron chi connectivity index (χ1n) is 7.60. The Labute approximate surface area is 127 Å². The van der Waals surface area contributed by atoms with Crippen molar-refractivity contribution in [2.75, 3.05) is 26.2 Å². The van der Waals surface area contributed by atoms with Crippen molar-refractivity contribution < 1.29 is 8.42 Å². The maximum Gasteiger partial charge on any atom is 0.282 e. The average molecular weight is 309 g/mol. The Morgan fingerprint density at radius 3 is 2.38 bits per heavy atom. The summed E-state index contributed by atoms with van der Waals surface area (Å²) in [6, 6.07) is 8.32. The second kappa shape index (κ2) is 6.04. The number of nitrogens with one attached hydrogen (secondary N) is 1. The summed E-state index contributed by atoms with van der Waals surface area (Å²) in [7, 11) is -3.34. The van der Waals surface area contributed by atoms with Crippen molar-refractivity contribution in [3.63, 3.8) is 0 Å². The van der Waals surface area contributed by atoms with E-state index >= 15 is 0 Å². The molecule has 1 heterocycles. The molecule has 116 valence electrons. The molecule has 0 atom stereocenters. The highest BCUT2D eigenvalue weighted by molar-refractivity contribution is 7.86. The van der Waals surface area contributed by atoms with E-state index in [2.05, 4.69) is 5.32 Å². The third kappa shape index (κ3) is 3.45. The zero-order valence-corrected chi connectivity index (χ0v) is 13.3. The van der Waals surface area contributed by atoms with E-state index in [9.17, 15) is 8.42 Å². The highest BCUT2D eigenvalue weighted by atomic mass is 32.2. The fourth-order valence-electron chi connectivity index (χ4n) is 2.66. The van der Waals surface area contributed by atoms with Crippen LogP contribution in [0.5, 0.6) is 0 Å². The lowest BCUT2D eigenvalue weighted by atomic mass is 10.1. The number of hydrogen-bond donors (Lipinski definition) is 1. The van der Waals surface area contributed by atoms with Crippen molar-refractivity contribution in [1.29, 1.82) is 0 Å². The maximum absolute atomic E-state index is 12.9. The van der Waals surface area contributed by atoms with Gasteiger partial charge >= 0.3 is 0 Å². The molecule has 0 amide bonds. The quantitative estimate of drug-likeness (QED) is 0.886. The van der Waals surface area contributed by atoms with E-state index in [1.807, 2.05) is 31.2 Å². The second-order valence-electron chi connectivity index (χ2n) is 5.92. The normalized spacial score (nSPS) is 20.9. The van der Waals surface area contributed by atoms with E-state index in [0.717, 1.165) is 31.5 Å². The largest absolute Gasteiger partial charge is 0.314 e. The van der Waals surface area contributed by atoms with Gasteiger partial charge in [0.25, 0.3) is 10.2 Å². The number of benzene rings is 1. The third-order valence-electron chi connectivity index (χ3n) is 4.11. The summed E-state index contributed by atoms with van der Waals surface area (Å²) in [6.45, 7) is 5.14. The van der Waals surface area contributed by atoms with Gasteiger partial charge in [-0.1, -0.05) is 29.8 Å². The van der Waals surface area contributed by atoms with Gasteiger partial charge in [-0.2, -0.15) is 17.0 Å². The van der Waals surface area contributed by atoms with Crippen LogP contribution in [0.2, 0.25) is 0 Å². The van der Waals surface area contributed by atoms with Crippen LogP contribution in [0.3, 0.4) is 0 Å². The van der Waals surface area contributed by atoms with Crippen LogP contribution in [0.25, 0.3) is 0 Å². The number of piperazine rings is 1. The zero-order valence-electron chi connectivity index (χ0n) is 12.5. The van der Waals surface area contributed by atoms with Gasteiger partial charge in [-0.15, -0.1) is 0 Å². The van der Waals surface area contributed by atoms with Gasteiger partial charge in [-0.05, 0) is 25.3 Å². The van der Waals surface area contributed by atoms with Crippen molar-refractivity contribution >= 4 is 10.2 Å². The number of rotatable bonds is 5. The van der Waals surface area contributed by atoms with Crippen molar-refractivity contribution in [3.8, 4) is 0 Å². The van der Waals surface area contributed by atoms with Crippen molar-refractivity contribution in [2.24, 2.45) is 0 Å². The Kier molecular flexibility index (Phi) is 4.31. The standard InChI is InChI=1S/C15H23N3O2S/c1-13-2-4-14(5-3-13)12-18(15-6-7-15)21(19,20)17-10-8-16-9-11-17/h2-5,15-16H,6-12H2,1H3. The molecule has 2 aliphatic rings. The average Bonchev–Trinajstić information content (AvgIpc) is 3.32. The first-order chi connectivity index (χ1) is 10.1. The Bertz CT molecular complexity index is 575. The molecule has 6 heteroatoms. The molecule has 3 rings (SSSR count). The first kappa shape index (κ1) is 15.0. The summed E-state index contributed by atoms with van der Waals surface area (Å²) >= 11 is 0. The van der Waals surface area contributed by atoms with E-state index in [4.69, 9.17) is 0 Å². The molecule has 1 N–H and O–H groups in total. The molecule has 21 heavy (non-hydrogen) atoms. The van der Waals surface area contributed by atoms with Crippen LogP contribution in [0.15, 0.2) is 24.3 Å². The van der Waals surface area contributed by atoms with Gasteiger partial charge in [-0.3, -0.25) is 0 Å². The van der Waals surface area contributed by atoms with Crippen LogP contribution < -0.4 is 5.32 Å². The molecule has 5 nitrogen and oxygen atoms in total. The van der Waals surface area contributed by atoms with E-state index < -0.39 is 10.2 Å². The smallest absolute Gasteiger partial charge is 0.282 e. The monoisotopic (exact) mass is 309 g/mol. The van der Waals surface area contributed by atoms with Gasteiger partial charge in [0.05, 0.1) is 0 Å². The fraction of sp³-hybridized carbons (Fsp3) is 0.600. The molecule has 1 saturated carbocycles. The molecule has 2 fully saturated rings. The molecule has 1 aromatic carbocycles. The van der Waals surface area contributed by atoms with Gasteiger partial charge in [0.1, 0.15) is 0 Å². The van der Waals surface area contributed by atoms with Crippen LogP contribution in [-0.2, 0) is 16.8 Å². The number of nitrogens with zero attached hydrogens (tertiary/aromatic N) is 2. The Morgan fingerprint density at radius 2 is 1.81 bits per heavy atom. The summed E-state index contributed by atoms with van der Waals surface area (Å²) in [5, 5.41) is 3.20. The van der Waals surface area contributed by atoms with Crippen LogP contribution in [0.1, 0.15) is 24.0 Å². The Morgan fingerprint density at radius 1 is 1.19 bits per heavy atom. The predicted molar refractivity (Wildman–Crippen MR) is 83.1 cm³/mol. The number of hydrogen-bond acceptors (Lipinski definition) is 3. The summed E-state index contributed by atoms with van der Waals surface area (Å²) in [5.41, 5.74) is 2.26. The van der Waals surface area contributed by atoms with E-state index in [1.54, 1.807) is 8.61 Å². The van der Waals surface area contributed by atoms with E-state index in [-0.39, 0.29) is 6.04 Å². The topological polar surface area (TPSA) is 52.7 Å². The molecular weight excluding hydrogens is 286 g/mol.